The summed E-state index contributed by atoms with van der Waals surface area (Å²) < 4.78 is 5.13. The maximum absolute atomic E-state index is 11.9. The van der Waals surface area contributed by atoms with E-state index in [2.05, 4.69) is 5.32 Å². The van der Waals surface area contributed by atoms with Crippen LogP contribution in [0.4, 0.5) is 5.69 Å². The summed E-state index contributed by atoms with van der Waals surface area (Å²) in [6, 6.07) is 7.28. The number of hydrogen-bond donors (Lipinski definition) is 1. The number of rotatable bonds is 3. The van der Waals surface area contributed by atoms with Crippen molar-refractivity contribution in [2.24, 2.45) is 5.92 Å². The number of anilines is 1. The standard InChI is InChI=1S/C13H16N2O3/c1-14-13(17)9-6-12(16)15(8-9)10-4-3-5-11(7-10)18-2/h3-5,7,9H,6,8H2,1-2H3,(H,14,17)/t9-/m0/s1. The van der Waals surface area contributed by atoms with E-state index in [0.717, 1.165) is 5.69 Å². The van der Waals surface area contributed by atoms with Crippen LogP contribution in [-0.4, -0.2) is 32.5 Å². The van der Waals surface area contributed by atoms with Crippen molar-refractivity contribution in [3.8, 4) is 5.75 Å². The number of amides is 2. The van der Waals surface area contributed by atoms with E-state index in [1.54, 1.807) is 25.1 Å². The Morgan fingerprint density at radius 3 is 2.94 bits per heavy atom. The van der Waals surface area contributed by atoms with E-state index >= 15 is 0 Å². The van der Waals surface area contributed by atoms with Crippen molar-refractivity contribution in [2.45, 2.75) is 6.42 Å². The van der Waals surface area contributed by atoms with Gasteiger partial charge in [-0.1, -0.05) is 6.07 Å². The van der Waals surface area contributed by atoms with Crippen molar-refractivity contribution < 1.29 is 14.3 Å². The van der Waals surface area contributed by atoms with Gasteiger partial charge >= 0.3 is 0 Å². The van der Waals surface area contributed by atoms with Gasteiger partial charge in [0.05, 0.1) is 13.0 Å². The topological polar surface area (TPSA) is 58.6 Å². The number of carbonyl (C=O) groups is 2. The quantitative estimate of drug-likeness (QED) is 0.860. The van der Waals surface area contributed by atoms with Gasteiger partial charge in [-0.2, -0.15) is 0 Å². The van der Waals surface area contributed by atoms with Gasteiger partial charge in [0.2, 0.25) is 11.8 Å². The normalized spacial score (nSPS) is 18.9. The fraction of sp³-hybridized carbons (Fsp3) is 0.385. The fourth-order valence-corrected chi connectivity index (χ4v) is 2.12. The lowest BCUT2D eigenvalue weighted by Gasteiger charge is -2.17. The first kappa shape index (κ1) is 12.4. The molecule has 5 heteroatoms. The molecule has 1 aromatic rings. The number of nitrogens with zero attached hydrogens (tertiary/aromatic N) is 1. The monoisotopic (exact) mass is 248 g/mol. The van der Waals surface area contributed by atoms with Crippen LogP contribution in [0, 0.1) is 5.92 Å². The summed E-state index contributed by atoms with van der Waals surface area (Å²) >= 11 is 0. The molecule has 2 rings (SSSR count). The van der Waals surface area contributed by atoms with Gasteiger partial charge in [-0.15, -0.1) is 0 Å². The van der Waals surface area contributed by atoms with E-state index in [4.69, 9.17) is 4.74 Å². The van der Waals surface area contributed by atoms with Crippen LogP contribution >= 0.6 is 0 Å². The largest absolute Gasteiger partial charge is 0.497 e. The van der Waals surface area contributed by atoms with Crippen LogP contribution in [0.15, 0.2) is 24.3 Å². The molecule has 1 N–H and O–H groups in total. The van der Waals surface area contributed by atoms with E-state index in [-0.39, 0.29) is 24.2 Å². The average molecular weight is 248 g/mol. The molecule has 0 radical (unpaired) electrons. The second-order valence-corrected chi connectivity index (χ2v) is 4.22. The lowest BCUT2D eigenvalue weighted by atomic mass is 10.1. The highest BCUT2D eigenvalue weighted by Gasteiger charge is 2.34. The molecule has 1 aromatic carbocycles. The molecule has 0 spiro atoms. The molecule has 0 unspecified atom stereocenters. The Labute approximate surface area is 106 Å². The number of ether oxygens (including phenoxy) is 1. The predicted octanol–water partition coefficient (Wildman–Crippen LogP) is 0.794. The number of nitrogens with one attached hydrogen (secondary N) is 1. The number of hydrogen-bond acceptors (Lipinski definition) is 3. The van der Waals surface area contributed by atoms with Gasteiger partial charge in [0.25, 0.3) is 0 Å². The highest BCUT2D eigenvalue weighted by Crippen LogP contribution is 2.27. The molecule has 1 heterocycles. The minimum atomic E-state index is -0.270. The average Bonchev–Trinajstić information content (AvgIpc) is 2.80. The molecule has 18 heavy (non-hydrogen) atoms. The molecule has 0 saturated carbocycles. The molecule has 1 aliphatic heterocycles. The van der Waals surface area contributed by atoms with Crippen molar-refractivity contribution in [1.82, 2.24) is 5.32 Å². The van der Waals surface area contributed by atoms with Gasteiger partial charge in [0, 0.05) is 31.8 Å². The Hall–Kier alpha value is -2.04. The molecule has 0 aliphatic carbocycles. The number of carbonyl (C=O) groups excluding carboxylic acids is 2. The summed E-state index contributed by atoms with van der Waals surface area (Å²) in [5.74, 6) is 0.308. The molecule has 5 nitrogen and oxygen atoms in total. The lowest BCUT2D eigenvalue weighted by Crippen LogP contribution is -2.30. The molecular formula is C13H16N2O3. The summed E-state index contributed by atoms with van der Waals surface area (Å²) in [7, 11) is 3.17. The van der Waals surface area contributed by atoms with E-state index in [1.807, 2.05) is 18.2 Å². The highest BCUT2D eigenvalue weighted by atomic mass is 16.5. The second kappa shape index (κ2) is 5.08. The predicted molar refractivity (Wildman–Crippen MR) is 67.5 cm³/mol. The number of methoxy groups -OCH3 is 1. The minimum absolute atomic E-state index is 0.0307. The van der Waals surface area contributed by atoms with Gasteiger partial charge in [-0.3, -0.25) is 9.59 Å². The van der Waals surface area contributed by atoms with Crippen LogP contribution in [0.25, 0.3) is 0 Å². The molecule has 2 amide bonds. The van der Waals surface area contributed by atoms with Crippen LogP contribution in [0.1, 0.15) is 6.42 Å². The maximum atomic E-state index is 11.9. The first-order chi connectivity index (χ1) is 8.65. The fourth-order valence-electron chi connectivity index (χ4n) is 2.12. The first-order valence-corrected chi connectivity index (χ1v) is 5.81. The second-order valence-electron chi connectivity index (χ2n) is 4.22. The van der Waals surface area contributed by atoms with Crippen LogP contribution in [0.5, 0.6) is 5.75 Å². The minimum Gasteiger partial charge on any atom is -0.497 e. The third kappa shape index (κ3) is 2.30. The molecule has 1 atom stereocenters. The Balaban J connectivity index is 2.18. The van der Waals surface area contributed by atoms with Crippen molar-refractivity contribution in [1.29, 1.82) is 0 Å². The van der Waals surface area contributed by atoms with E-state index in [1.165, 1.54) is 0 Å². The Morgan fingerprint density at radius 2 is 2.28 bits per heavy atom. The SMILES string of the molecule is CNC(=O)[C@H]1CC(=O)N(c2cccc(OC)c2)C1. The maximum Gasteiger partial charge on any atom is 0.227 e. The third-order valence-electron chi connectivity index (χ3n) is 3.11. The van der Waals surface area contributed by atoms with Gasteiger partial charge in [0.15, 0.2) is 0 Å². The van der Waals surface area contributed by atoms with Crippen molar-refractivity contribution in [3.63, 3.8) is 0 Å². The van der Waals surface area contributed by atoms with Gasteiger partial charge < -0.3 is 15.0 Å². The van der Waals surface area contributed by atoms with Crippen LogP contribution in [-0.2, 0) is 9.59 Å². The molecule has 1 saturated heterocycles. The van der Waals surface area contributed by atoms with Crippen molar-refractivity contribution in [2.75, 3.05) is 25.6 Å². The smallest absolute Gasteiger partial charge is 0.227 e. The van der Waals surface area contributed by atoms with Gasteiger partial charge in [-0.25, -0.2) is 0 Å². The van der Waals surface area contributed by atoms with Crippen LogP contribution in [0.3, 0.4) is 0 Å². The molecule has 0 bridgehead atoms. The molecule has 1 aliphatic rings. The molecule has 0 aromatic heterocycles. The Morgan fingerprint density at radius 1 is 1.50 bits per heavy atom. The molecular weight excluding hydrogens is 232 g/mol. The van der Waals surface area contributed by atoms with E-state index in [9.17, 15) is 9.59 Å². The van der Waals surface area contributed by atoms with Crippen molar-refractivity contribution >= 4 is 17.5 Å². The van der Waals surface area contributed by atoms with Gasteiger partial charge in [-0.05, 0) is 12.1 Å². The van der Waals surface area contributed by atoms with Crippen LogP contribution < -0.4 is 15.0 Å². The summed E-state index contributed by atoms with van der Waals surface area (Å²) in [5, 5.41) is 2.58. The third-order valence-corrected chi connectivity index (χ3v) is 3.11. The Bertz CT molecular complexity index is 473. The summed E-state index contributed by atoms with van der Waals surface area (Å²) in [4.78, 5) is 25.1. The zero-order chi connectivity index (χ0) is 13.1. The lowest BCUT2D eigenvalue weighted by molar-refractivity contribution is -0.125. The molecule has 1 fully saturated rings. The van der Waals surface area contributed by atoms with E-state index < -0.39 is 0 Å². The van der Waals surface area contributed by atoms with E-state index in [0.29, 0.717) is 12.3 Å². The summed E-state index contributed by atoms with van der Waals surface area (Å²) in [5.41, 5.74) is 0.769. The summed E-state index contributed by atoms with van der Waals surface area (Å²) in [6.07, 6.45) is 0.261. The first-order valence-electron chi connectivity index (χ1n) is 5.81. The van der Waals surface area contributed by atoms with Gasteiger partial charge in [0.1, 0.15) is 5.75 Å². The highest BCUT2D eigenvalue weighted by molar-refractivity contribution is 6.00. The number of benzene rings is 1. The molecule has 96 valence electrons. The zero-order valence-corrected chi connectivity index (χ0v) is 10.5. The Kier molecular flexibility index (Phi) is 3.50. The zero-order valence-electron chi connectivity index (χ0n) is 10.5. The summed E-state index contributed by atoms with van der Waals surface area (Å²) in [6.45, 7) is 0.422. The van der Waals surface area contributed by atoms with Crippen molar-refractivity contribution in [3.05, 3.63) is 24.3 Å². The van der Waals surface area contributed by atoms with Crippen LogP contribution in [0.2, 0.25) is 0 Å².